The van der Waals surface area contributed by atoms with E-state index in [9.17, 15) is 14.4 Å². The summed E-state index contributed by atoms with van der Waals surface area (Å²) in [7, 11) is 0. The van der Waals surface area contributed by atoms with Crippen molar-refractivity contribution in [3.8, 4) is 11.3 Å². The molecule has 5 nitrogen and oxygen atoms in total. The predicted molar refractivity (Wildman–Crippen MR) is 93.7 cm³/mol. The second-order valence-electron chi connectivity index (χ2n) is 5.94. The Hall–Kier alpha value is -3.21. The Labute approximate surface area is 143 Å². The number of ketones is 1. The second-order valence-corrected chi connectivity index (χ2v) is 5.94. The van der Waals surface area contributed by atoms with Crippen LogP contribution in [0.5, 0.6) is 0 Å². The minimum absolute atomic E-state index is 0.0797. The third kappa shape index (κ3) is 2.28. The third-order valence-electron chi connectivity index (χ3n) is 4.45. The van der Waals surface area contributed by atoms with E-state index < -0.39 is 5.97 Å². The first-order valence-electron chi connectivity index (χ1n) is 8.02. The van der Waals surface area contributed by atoms with Gasteiger partial charge in [0.05, 0.1) is 17.8 Å². The fraction of sp³-hybridized carbons (Fsp3) is 0.150. The highest BCUT2D eigenvalue weighted by Gasteiger charge is 2.32. The number of fused-ring (bicyclic) bond motifs is 5. The smallest absolute Gasteiger partial charge is 0.302 e. The van der Waals surface area contributed by atoms with E-state index in [0.29, 0.717) is 27.6 Å². The van der Waals surface area contributed by atoms with Crippen LogP contribution in [0.1, 0.15) is 22.8 Å². The highest BCUT2D eigenvalue weighted by Crippen LogP contribution is 2.38. The van der Waals surface area contributed by atoms with Gasteiger partial charge < -0.3 is 9.30 Å². The Morgan fingerprint density at radius 2 is 1.60 bits per heavy atom. The molecule has 4 rings (SSSR count). The van der Waals surface area contributed by atoms with E-state index in [4.69, 9.17) is 4.74 Å². The molecule has 0 atom stereocenters. The molecule has 1 heterocycles. The number of rotatable bonds is 3. The van der Waals surface area contributed by atoms with Gasteiger partial charge in [0.2, 0.25) is 0 Å². The molecule has 0 amide bonds. The largest absolute Gasteiger partial charge is 0.464 e. The predicted octanol–water partition coefficient (Wildman–Crippen LogP) is 2.78. The van der Waals surface area contributed by atoms with Gasteiger partial charge in [0.25, 0.3) is 5.56 Å². The molecule has 3 aromatic rings. The van der Waals surface area contributed by atoms with Crippen molar-refractivity contribution in [3.63, 3.8) is 0 Å². The molecule has 5 heteroatoms. The Kier molecular flexibility index (Phi) is 3.50. The van der Waals surface area contributed by atoms with E-state index in [0.717, 1.165) is 5.56 Å². The lowest BCUT2D eigenvalue weighted by Gasteiger charge is -2.14. The molecule has 0 bridgehead atoms. The van der Waals surface area contributed by atoms with Crippen molar-refractivity contribution < 1.29 is 14.3 Å². The van der Waals surface area contributed by atoms with Crippen LogP contribution in [0.15, 0.2) is 53.3 Å². The van der Waals surface area contributed by atoms with Crippen LogP contribution in [-0.2, 0) is 16.1 Å². The number of ether oxygens (including phenoxy) is 1. The normalized spacial score (nSPS) is 12.1. The number of benzene rings is 2. The van der Waals surface area contributed by atoms with Crippen LogP contribution in [0.4, 0.5) is 0 Å². The molecule has 0 radical (unpaired) electrons. The highest BCUT2D eigenvalue weighted by molar-refractivity contribution is 6.26. The molecule has 2 aromatic carbocycles. The van der Waals surface area contributed by atoms with Crippen LogP contribution in [-0.4, -0.2) is 22.9 Å². The Morgan fingerprint density at radius 1 is 0.960 bits per heavy atom. The number of carbonyl (C=O) groups is 2. The summed E-state index contributed by atoms with van der Waals surface area (Å²) in [5.74, 6) is -0.481. The molecule has 0 unspecified atom stereocenters. The molecular weight excluding hydrogens is 318 g/mol. The van der Waals surface area contributed by atoms with Gasteiger partial charge >= 0.3 is 5.97 Å². The van der Waals surface area contributed by atoms with E-state index in [2.05, 4.69) is 0 Å². The van der Waals surface area contributed by atoms with Gasteiger partial charge in [0.15, 0.2) is 5.78 Å². The monoisotopic (exact) mass is 333 g/mol. The van der Waals surface area contributed by atoms with Gasteiger partial charge in [-0.05, 0) is 6.07 Å². The summed E-state index contributed by atoms with van der Waals surface area (Å²) in [6.45, 7) is 1.61. The molecule has 124 valence electrons. The second kappa shape index (κ2) is 5.70. The third-order valence-corrected chi connectivity index (χ3v) is 4.45. The highest BCUT2D eigenvalue weighted by atomic mass is 16.5. The maximum atomic E-state index is 13.0. The number of hydrogen-bond acceptors (Lipinski definition) is 4. The van der Waals surface area contributed by atoms with Crippen molar-refractivity contribution in [3.05, 3.63) is 70.0 Å². The zero-order chi connectivity index (χ0) is 17.6. The van der Waals surface area contributed by atoms with E-state index in [1.807, 2.05) is 24.3 Å². The Balaban J connectivity index is 2.03. The molecule has 25 heavy (non-hydrogen) atoms. The van der Waals surface area contributed by atoms with Crippen LogP contribution in [0.25, 0.3) is 22.0 Å². The molecule has 1 aromatic heterocycles. The minimum atomic E-state index is -0.401. The van der Waals surface area contributed by atoms with Gasteiger partial charge in [0, 0.05) is 28.8 Å². The number of aromatic nitrogens is 1. The van der Waals surface area contributed by atoms with Crippen LogP contribution in [0.2, 0.25) is 0 Å². The van der Waals surface area contributed by atoms with Crippen molar-refractivity contribution in [2.75, 3.05) is 6.61 Å². The van der Waals surface area contributed by atoms with Crippen LogP contribution < -0.4 is 5.56 Å². The minimum Gasteiger partial charge on any atom is -0.464 e. The fourth-order valence-corrected chi connectivity index (χ4v) is 3.42. The van der Waals surface area contributed by atoms with E-state index in [1.54, 1.807) is 28.8 Å². The van der Waals surface area contributed by atoms with Crippen LogP contribution in [0.3, 0.4) is 0 Å². The molecule has 0 fully saturated rings. The maximum absolute atomic E-state index is 13.0. The average molecular weight is 333 g/mol. The van der Waals surface area contributed by atoms with E-state index >= 15 is 0 Å². The number of nitrogens with zero attached hydrogens (tertiary/aromatic N) is 1. The van der Waals surface area contributed by atoms with Gasteiger partial charge in [-0.2, -0.15) is 0 Å². The van der Waals surface area contributed by atoms with Gasteiger partial charge in [-0.25, -0.2) is 0 Å². The molecule has 0 N–H and O–H groups in total. The maximum Gasteiger partial charge on any atom is 0.302 e. The molecule has 0 spiro atoms. The average Bonchev–Trinajstić information content (AvgIpc) is 2.91. The lowest BCUT2D eigenvalue weighted by molar-refractivity contribution is -0.141. The molecule has 1 aliphatic rings. The quantitative estimate of drug-likeness (QED) is 0.541. The molecule has 1 aliphatic carbocycles. The first-order chi connectivity index (χ1) is 12.1. The topological polar surface area (TPSA) is 65.4 Å². The fourth-order valence-electron chi connectivity index (χ4n) is 3.42. The molecule has 0 saturated carbocycles. The SMILES string of the molecule is CC(=O)OCCn1c2c(c3ccccc3c1=O)C(=O)c1ccccc1-2. The summed E-state index contributed by atoms with van der Waals surface area (Å²) in [6.07, 6.45) is 0. The zero-order valence-corrected chi connectivity index (χ0v) is 13.6. The molecule has 0 aliphatic heterocycles. The van der Waals surface area contributed by atoms with E-state index in [1.165, 1.54) is 6.92 Å². The standard InChI is InChI=1S/C20H15NO4/c1-12(22)25-11-10-21-18-14-7-3-4-8-15(14)19(23)17(18)13-6-2-5-9-16(13)20(21)24/h2-9H,10-11H2,1H3. The number of esters is 1. The van der Waals surface area contributed by atoms with Crippen molar-refractivity contribution >= 4 is 22.5 Å². The summed E-state index contributed by atoms with van der Waals surface area (Å²) in [4.78, 5) is 37.0. The summed E-state index contributed by atoms with van der Waals surface area (Å²) in [5, 5.41) is 1.15. The van der Waals surface area contributed by atoms with Gasteiger partial charge in [-0.1, -0.05) is 42.5 Å². The number of pyridine rings is 1. The van der Waals surface area contributed by atoms with E-state index in [-0.39, 0.29) is 24.5 Å². The van der Waals surface area contributed by atoms with Crippen LogP contribution in [0, 0.1) is 0 Å². The van der Waals surface area contributed by atoms with Gasteiger partial charge in [-0.15, -0.1) is 0 Å². The number of hydrogen-bond donors (Lipinski definition) is 0. The first-order valence-corrected chi connectivity index (χ1v) is 8.02. The van der Waals surface area contributed by atoms with Gasteiger partial charge in [0.1, 0.15) is 6.61 Å². The Bertz CT molecular complexity index is 1090. The van der Waals surface area contributed by atoms with Crippen molar-refractivity contribution in [2.45, 2.75) is 13.5 Å². The summed E-state index contributed by atoms with van der Waals surface area (Å²) >= 11 is 0. The lowest BCUT2D eigenvalue weighted by atomic mass is 10.0. The van der Waals surface area contributed by atoms with Crippen LogP contribution >= 0.6 is 0 Å². The first kappa shape index (κ1) is 15.3. The molecular formula is C20H15NO4. The summed E-state index contributed by atoms with van der Waals surface area (Å²) < 4.78 is 6.55. The van der Waals surface area contributed by atoms with Crippen molar-refractivity contribution in [1.29, 1.82) is 0 Å². The zero-order valence-electron chi connectivity index (χ0n) is 13.6. The summed E-state index contributed by atoms with van der Waals surface area (Å²) in [5.41, 5.74) is 2.30. The Morgan fingerprint density at radius 3 is 2.32 bits per heavy atom. The summed E-state index contributed by atoms with van der Waals surface area (Å²) in [6, 6.07) is 14.4. The molecule has 0 saturated heterocycles. The lowest BCUT2D eigenvalue weighted by Crippen LogP contribution is -2.25. The van der Waals surface area contributed by atoms with Crippen molar-refractivity contribution in [1.82, 2.24) is 4.57 Å². The number of carbonyl (C=O) groups excluding carboxylic acids is 2. The van der Waals surface area contributed by atoms with Gasteiger partial charge in [-0.3, -0.25) is 14.4 Å². The van der Waals surface area contributed by atoms with Crippen molar-refractivity contribution in [2.24, 2.45) is 0 Å².